The monoisotopic (exact) mass is 444 g/mol. The van der Waals surface area contributed by atoms with Crippen LogP contribution in [0.3, 0.4) is 0 Å². The molecule has 1 amide bonds. The Hall–Kier alpha value is -2.87. The molecule has 32 heavy (non-hydrogen) atoms. The molecule has 2 heterocycles. The van der Waals surface area contributed by atoms with E-state index in [1.54, 1.807) is 24.3 Å². The second-order valence-corrected chi connectivity index (χ2v) is 8.62. The average Bonchev–Trinajstić information content (AvgIpc) is 3.11. The summed E-state index contributed by atoms with van der Waals surface area (Å²) in [5.41, 5.74) is 3.78. The quantitative estimate of drug-likeness (QED) is 0.601. The van der Waals surface area contributed by atoms with Gasteiger partial charge in [-0.1, -0.05) is 24.3 Å². The number of likely N-dealkylation sites (tertiary alicyclic amines) is 1. The Morgan fingerprint density at radius 1 is 1.12 bits per heavy atom. The SMILES string of the molecule is Cc1ccc(C)c(NC(=O)CN2CCC(Cn3c(C(F)(F)F)nc4ccccc43)CC2)c1. The van der Waals surface area contributed by atoms with Crippen LogP contribution in [0.2, 0.25) is 0 Å². The predicted molar refractivity (Wildman–Crippen MR) is 118 cm³/mol. The van der Waals surface area contributed by atoms with Crippen molar-refractivity contribution in [1.82, 2.24) is 14.5 Å². The van der Waals surface area contributed by atoms with Gasteiger partial charge in [-0.2, -0.15) is 13.2 Å². The number of carbonyl (C=O) groups is 1. The second-order valence-electron chi connectivity index (χ2n) is 8.62. The van der Waals surface area contributed by atoms with E-state index in [1.807, 2.05) is 32.0 Å². The van der Waals surface area contributed by atoms with Crippen LogP contribution in [-0.4, -0.2) is 40.0 Å². The van der Waals surface area contributed by atoms with Gasteiger partial charge in [0.15, 0.2) is 0 Å². The van der Waals surface area contributed by atoms with E-state index in [0.29, 0.717) is 24.1 Å². The first-order chi connectivity index (χ1) is 15.2. The van der Waals surface area contributed by atoms with Gasteiger partial charge >= 0.3 is 6.18 Å². The van der Waals surface area contributed by atoms with Crippen molar-refractivity contribution in [3.63, 3.8) is 0 Å². The maximum Gasteiger partial charge on any atom is 0.449 e. The predicted octanol–water partition coefficient (Wildman–Crippen LogP) is 5.02. The molecular weight excluding hydrogens is 417 g/mol. The van der Waals surface area contributed by atoms with Crippen LogP contribution >= 0.6 is 0 Å². The smallest absolute Gasteiger partial charge is 0.325 e. The zero-order valence-corrected chi connectivity index (χ0v) is 18.2. The number of para-hydroxylation sites is 2. The summed E-state index contributed by atoms with van der Waals surface area (Å²) in [6.45, 7) is 5.85. The van der Waals surface area contributed by atoms with Crippen LogP contribution in [0.15, 0.2) is 42.5 Å². The molecule has 1 aliphatic heterocycles. The number of halogens is 3. The van der Waals surface area contributed by atoms with Gasteiger partial charge in [-0.15, -0.1) is 0 Å². The molecular formula is C24H27F3N4O. The number of piperidine rings is 1. The summed E-state index contributed by atoms with van der Waals surface area (Å²) in [6.07, 6.45) is -3.02. The lowest BCUT2D eigenvalue weighted by atomic mass is 9.96. The number of hydrogen-bond acceptors (Lipinski definition) is 3. The molecule has 0 unspecified atom stereocenters. The first-order valence-electron chi connectivity index (χ1n) is 10.8. The first-order valence-corrected chi connectivity index (χ1v) is 10.8. The lowest BCUT2D eigenvalue weighted by Crippen LogP contribution is -2.40. The first kappa shape index (κ1) is 22.3. The van der Waals surface area contributed by atoms with Gasteiger partial charge in [0.05, 0.1) is 17.6 Å². The molecule has 5 nitrogen and oxygen atoms in total. The maximum absolute atomic E-state index is 13.5. The molecule has 2 aromatic carbocycles. The number of carbonyl (C=O) groups excluding carboxylic acids is 1. The third kappa shape index (κ3) is 4.96. The van der Waals surface area contributed by atoms with Crippen molar-refractivity contribution in [2.75, 3.05) is 25.0 Å². The number of rotatable bonds is 5. The molecule has 1 N–H and O–H groups in total. The molecule has 170 valence electrons. The van der Waals surface area contributed by atoms with E-state index < -0.39 is 12.0 Å². The van der Waals surface area contributed by atoms with Crippen LogP contribution in [0.25, 0.3) is 11.0 Å². The van der Waals surface area contributed by atoms with Gasteiger partial charge in [-0.25, -0.2) is 4.98 Å². The van der Waals surface area contributed by atoms with E-state index in [1.165, 1.54) is 4.57 Å². The maximum atomic E-state index is 13.5. The average molecular weight is 445 g/mol. The van der Waals surface area contributed by atoms with Crippen LogP contribution in [0.4, 0.5) is 18.9 Å². The summed E-state index contributed by atoms with van der Waals surface area (Å²) in [5, 5.41) is 2.97. The molecule has 1 aliphatic rings. The largest absolute Gasteiger partial charge is 0.449 e. The zero-order valence-electron chi connectivity index (χ0n) is 18.2. The second kappa shape index (κ2) is 8.94. The van der Waals surface area contributed by atoms with Crippen LogP contribution in [0.5, 0.6) is 0 Å². The number of amides is 1. The third-order valence-electron chi connectivity index (χ3n) is 6.09. The molecule has 1 aromatic heterocycles. The lowest BCUT2D eigenvalue weighted by molar-refractivity contribution is -0.147. The number of nitrogens with one attached hydrogen (secondary N) is 1. The lowest BCUT2D eigenvalue weighted by Gasteiger charge is -2.32. The molecule has 0 bridgehead atoms. The Kier molecular flexibility index (Phi) is 6.24. The Labute approximate surface area is 185 Å². The van der Waals surface area contributed by atoms with Crippen LogP contribution in [-0.2, 0) is 17.5 Å². The van der Waals surface area contributed by atoms with Crippen molar-refractivity contribution < 1.29 is 18.0 Å². The molecule has 0 radical (unpaired) electrons. The summed E-state index contributed by atoms with van der Waals surface area (Å²) < 4.78 is 41.9. The van der Waals surface area contributed by atoms with Gasteiger partial charge in [0.2, 0.25) is 11.7 Å². The van der Waals surface area contributed by atoms with Gasteiger partial charge in [0.25, 0.3) is 0 Å². The minimum atomic E-state index is -4.49. The van der Waals surface area contributed by atoms with Crippen molar-refractivity contribution in [3.8, 4) is 0 Å². The van der Waals surface area contributed by atoms with E-state index in [4.69, 9.17) is 0 Å². The zero-order chi connectivity index (χ0) is 22.9. The number of alkyl halides is 3. The summed E-state index contributed by atoms with van der Waals surface area (Å²) in [4.78, 5) is 18.4. The number of fused-ring (bicyclic) bond motifs is 1. The Balaban J connectivity index is 1.37. The Morgan fingerprint density at radius 2 is 1.84 bits per heavy atom. The molecule has 1 saturated heterocycles. The number of imidazole rings is 1. The van der Waals surface area contributed by atoms with Crippen LogP contribution < -0.4 is 5.32 Å². The van der Waals surface area contributed by atoms with E-state index >= 15 is 0 Å². The number of benzene rings is 2. The summed E-state index contributed by atoms with van der Waals surface area (Å²) >= 11 is 0. The van der Waals surface area contributed by atoms with Gasteiger partial charge in [0.1, 0.15) is 0 Å². The highest BCUT2D eigenvalue weighted by Gasteiger charge is 2.38. The molecule has 8 heteroatoms. The number of anilines is 1. The third-order valence-corrected chi connectivity index (χ3v) is 6.09. The summed E-state index contributed by atoms with van der Waals surface area (Å²) in [5.74, 6) is -0.807. The number of nitrogens with zero attached hydrogens (tertiary/aromatic N) is 3. The van der Waals surface area contributed by atoms with Crippen LogP contribution in [0.1, 0.15) is 29.8 Å². The van der Waals surface area contributed by atoms with Gasteiger partial charge in [0, 0.05) is 12.2 Å². The van der Waals surface area contributed by atoms with Gasteiger partial charge in [-0.3, -0.25) is 9.69 Å². The molecule has 0 spiro atoms. The van der Waals surface area contributed by atoms with E-state index in [2.05, 4.69) is 15.2 Å². The normalized spacial score (nSPS) is 15.9. The van der Waals surface area contributed by atoms with E-state index in [-0.39, 0.29) is 24.9 Å². The highest BCUT2D eigenvalue weighted by Crippen LogP contribution is 2.33. The van der Waals surface area contributed by atoms with Crippen molar-refractivity contribution >= 4 is 22.6 Å². The number of hydrogen-bond donors (Lipinski definition) is 1. The van der Waals surface area contributed by atoms with Gasteiger partial charge in [-0.05, 0) is 75.0 Å². The van der Waals surface area contributed by atoms with E-state index in [0.717, 1.165) is 29.7 Å². The van der Waals surface area contributed by atoms with E-state index in [9.17, 15) is 18.0 Å². The highest BCUT2D eigenvalue weighted by atomic mass is 19.4. The molecule has 1 fully saturated rings. The highest BCUT2D eigenvalue weighted by molar-refractivity contribution is 5.93. The summed E-state index contributed by atoms with van der Waals surface area (Å²) in [7, 11) is 0. The topological polar surface area (TPSA) is 50.2 Å². The number of aryl methyl sites for hydroxylation is 2. The molecule has 4 rings (SSSR count). The molecule has 0 atom stereocenters. The fraction of sp³-hybridized carbons (Fsp3) is 0.417. The van der Waals surface area contributed by atoms with Crippen molar-refractivity contribution in [2.45, 2.75) is 39.4 Å². The minimum absolute atomic E-state index is 0.0721. The number of aromatic nitrogens is 2. The molecule has 0 aliphatic carbocycles. The van der Waals surface area contributed by atoms with Crippen molar-refractivity contribution in [2.24, 2.45) is 5.92 Å². The standard InChI is InChI=1S/C24H27F3N4O/c1-16-7-8-17(2)20(13-16)28-22(32)15-30-11-9-18(10-12-30)14-31-21-6-4-3-5-19(21)29-23(31)24(25,26)27/h3-8,13,18H,9-12,14-15H2,1-2H3,(H,28,32). The van der Waals surface area contributed by atoms with Crippen LogP contribution in [0, 0.1) is 19.8 Å². The minimum Gasteiger partial charge on any atom is -0.325 e. The fourth-order valence-electron chi connectivity index (χ4n) is 4.33. The Bertz CT molecular complexity index is 1110. The Morgan fingerprint density at radius 3 is 2.56 bits per heavy atom. The molecule has 0 saturated carbocycles. The fourth-order valence-corrected chi connectivity index (χ4v) is 4.33. The summed E-state index contributed by atoms with van der Waals surface area (Å²) in [6, 6.07) is 12.7. The van der Waals surface area contributed by atoms with Gasteiger partial charge < -0.3 is 9.88 Å². The molecule has 3 aromatic rings. The van der Waals surface area contributed by atoms with Crippen molar-refractivity contribution in [1.29, 1.82) is 0 Å². The van der Waals surface area contributed by atoms with Crippen molar-refractivity contribution in [3.05, 3.63) is 59.4 Å².